The second kappa shape index (κ2) is 4.93. The zero-order valence-corrected chi connectivity index (χ0v) is 12.1. The lowest BCUT2D eigenvalue weighted by molar-refractivity contribution is 0.578. The van der Waals surface area contributed by atoms with E-state index in [-0.39, 0.29) is 5.82 Å². The molecule has 0 aliphatic rings. The molecular weight excluding hydrogens is 263 g/mol. The molecule has 1 atom stereocenters. The molecule has 0 radical (unpaired) electrons. The molecule has 0 saturated carbocycles. The third kappa shape index (κ3) is 2.41. The van der Waals surface area contributed by atoms with Gasteiger partial charge in [0.15, 0.2) is 0 Å². The van der Waals surface area contributed by atoms with Gasteiger partial charge in [-0.3, -0.25) is 4.98 Å². The largest absolute Gasteiger partial charge is 0.318 e. The molecule has 1 unspecified atom stereocenters. The number of halogens is 1. The van der Waals surface area contributed by atoms with Gasteiger partial charge in [0.1, 0.15) is 5.82 Å². The van der Waals surface area contributed by atoms with Crippen molar-refractivity contribution < 1.29 is 4.39 Å². The van der Waals surface area contributed by atoms with Crippen LogP contribution in [0.25, 0.3) is 10.9 Å². The molecule has 1 heterocycles. The highest BCUT2D eigenvalue weighted by Crippen LogP contribution is 2.29. The molecule has 1 aromatic heterocycles. The minimum atomic E-state index is -0.751. The first kappa shape index (κ1) is 13.7. The lowest BCUT2D eigenvalue weighted by Crippen LogP contribution is -2.34. The first-order valence-corrected chi connectivity index (χ1v) is 6.89. The average Bonchev–Trinajstić information content (AvgIpc) is 2.49. The highest BCUT2D eigenvalue weighted by Gasteiger charge is 2.24. The molecule has 0 bridgehead atoms. The predicted molar refractivity (Wildman–Crippen MR) is 83.5 cm³/mol. The summed E-state index contributed by atoms with van der Waals surface area (Å²) in [5, 5.41) is 1.03. The molecule has 0 aliphatic carbocycles. The summed E-state index contributed by atoms with van der Waals surface area (Å²) in [7, 11) is 0. The van der Waals surface area contributed by atoms with Gasteiger partial charge in [-0.25, -0.2) is 4.39 Å². The van der Waals surface area contributed by atoms with Crippen LogP contribution >= 0.6 is 0 Å². The fourth-order valence-electron chi connectivity index (χ4n) is 2.48. The topological polar surface area (TPSA) is 38.9 Å². The van der Waals surface area contributed by atoms with Gasteiger partial charge in [-0.1, -0.05) is 24.3 Å². The van der Waals surface area contributed by atoms with Crippen LogP contribution in [-0.4, -0.2) is 4.98 Å². The molecule has 0 spiro atoms. The zero-order valence-electron chi connectivity index (χ0n) is 12.1. The van der Waals surface area contributed by atoms with E-state index in [1.807, 2.05) is 43.3 Å². The van der Waals surface area contributed by atoms with Crippen LogP contribution in [0.2, 0.25) is 0 Å². The maximum atomic E-state index is 13.8. The Morgan fingerprint density at radius 1 is 1.05 bits per heavy atom. The quantitative estimate of drug-likeness (QED) is 0.773. The van der Waals surface area contributed by atoms with Crippen molar-refractivity contribution >= 4 is 10.9 Å². The normalized spacial score (nSPS) is 14.1. The molecule has 0 amide bonds. The SMILES string of the molecule is Cc1ccc(C(C)(N)c2ccc3ncccc3c2)cc1F. The maximum absolute atomic E-state index is 13.8. The van der Waals surface area contributed by atoms with Crippen molar-refractivity contribution in [2.24, 2.45) is 5.73 Å². The summed E-state index contributed by atoms with van der Waals surface area (Å²) in [5.74, 6) is -0.230. The Hall–Kier alpha value is -2.26. The van der Waals surface area contributed by atoms with Crippen molar-refractivity contribution in [2.75, 3.05) is 0 Å². The highest BCUT2D eigenvalue weighted by atomic mass is 19.1. The molecule has 3 rings (SSSR count). The zero-order chi connectivity index (χ0) is 15.0. The minimum absolute atomic E-state index is 0.230. The fraction of sp³-hybridized carbons (Fsp3) is 0.167. The van der Waals surface area contributed by atoms with Crippen LogP contribution < -0.4 is 5.73 Å². The summed E-state index contributed by atoms with van der Waals surface area (Å²) in [5.41, 5.74) is 8.97. The Bertz CT molecular complexity index is 809. The van der Waals surface area contributed by atoms with Crippen molar-refractivity contribution in [2.45, 2.75) is 19.4 Å². The van der Waals surface area contributed by atoms with Crippen molar-refractivity contribution in [1.82, 2.24) is 4.98 Å². The second-order valence-electron chi connectivity index (χ2n) is 5.58. The molecule has 0 aliphatic heterocycles. The van der Waals surface area contributed by atoms with E-state index in [2.05, 4.69) is 4.98 Å². The van der Waals surface area contributed by atoms with Crippen molar-refractivity contribution in [3.8, 4) is 0 Å². The number of nitrogens with zero attached hydrogens (tertiary/aromatic N) is 1. The van der Waals surface area contributed by atoms with Gasteiger partial charge >= 0.3 is 0 Å². The van der Waals surface area contributed by atoms with Crippen LogP contribution in [0.3, 0.4) is 0 Å². The van der Waals surface area contributed by atoms with Crippen LogP contribution in [0.4, 0.5) is 4.39 Å². The van der Waals surface area contributed by atoms with Gasteiger partial charge in [-0.15, -0.1) is 0 Å². The van der Waals surface area contributed by atoms with Crippen LogP contribution in [-0.2, 0) is 5.54 Å². The van der Waals surface area contributed by atoms with E-state index in [0.29, 0.717) is 5.56 Å². The van der Waals surface area contributed by atoms with Gasteiger partial charge in [0.05, 0.1) is 11.1 Å². The van der Waals surface area contributed by atoms with Gasteiger partial charge in [0.2, 0.25) is 0 Å². The van der Waals surface area contributed by atoms with Gasteiger partial charge in [0.25, 0.3) is 0 Å². The smallest absolute Gasteiger partial charge is 0.126 e. The summed E-state index contributed by atoms with van der Waals surface area (Å²) in [6.45, 7) is 3.64. The third-order valence-corrected chi connectivity index (χ3v) is 3.97. The Balaban J connectivity index is 2.12. The molecule has 0 saturated heterocycles. The van der Waals surface area contributed by atoms with Crippen molar-refractivity contribution in [1.29, 1.82) is 0 Å². The number of fused-ring (bicyclic) bond motifs is 1. The Kier molecular flexibility index (Phi) is 3.22. The van der Waals surface area contributed by atoms with E-state index in [9.17, 15) is 4.39 Å². The van der Waals surface area contributed by atoms with Gasteiger partial charge < -0.3 is 5.73 Å². The molecule has 21 heavy (non-hydrogen) atoms. The van der Waals surface area contributed by atoms with E-state index in [1.54, 1.807) is 19.2 Å². The second-order valence-corrected chi connectivity index (χ2v) is 5.58. The molecule has 2 nitrogen and oxygen atoms in total. The fourth-order valence-corrected chi connectivity index (χ4v) is 2.48. The van der Waals surface area contributed by atoms with Crippen molar-refractivity contribution in [3.63, 3.8) is 0 Å². The molecule has 3 heteroatoms. The molecule has 106 valence electrons. The number of aromatic nitrogens is 1. The van der Waals surface area contributed by atoms with E-state index in [0.717, 1.165) is 22.0 Å². The Morgan fingerprint density at radius 2 is 1.76 bits per heavy atom. The maximum Gasteiger partial charge on any atom is 0.126 e. The van der Waals surface area contributed by atoms with Crippen LogP contribution in [0, 0.1) is 12.7 Å². The first-order valence-electron chi connectivity index (χ1n) is 6.89. The summed E-state index contributed by atoms with van der Waals surface area (Å²) >= 11 is 0. The predicted octanol–water partition coefficient (Wildman–Crippen LogP) is 3.90. The van der Waals surface area contributed by atoms with Crippen LogP contribution in [0.5, 0.6) is 0 Å². The number of hydrogen-bond donors (Lipinski definition) is 1. The summed E-state index contributed by atoms with van der Waals surface area (Å²) in [6.07, 6.45) is 1.76. The average molecular weight is 280 g/mol. The first-order chi connectivity index (χ1) is 9.98. The third-order valence-electron chi connectivity index (χ3n) is 3.97. The standard InChI is InChI=1S/C18H17FN2/c1-12-5-6-15(11-16(12)19)18(2,20)14-7-8-17-13(10-14)4-3-9-21-17/h3-11H,20H2,1-2H3. The molecule has 2 aromatic carbocycles. The summed E-state index contributed by atoms with van der Waals surface area (Å²) in [6, 6.07) is 15.0. The van der Waals surface area contributed by atoms with Gasteiger partial charge in [-0.05, 0) is 54.8 Å². The molecule has 0 fully saturated rings. The Morgan fingerprint density at radius 3 is 2.52 bits per heavy atom. The van der Waals surface area contributed by atoms with Crippen LogP contribution in [0.1, 0.15) is 23.6 Å². The molecule has 2 N–H and O–H groups in total. The minimum Gasteiger partial charge on any atom is -0.318 e. The number of rotatable bonds is 2. The number of nitrogens with two attached hydrogens (primary N) is 1. The highest BCUT2D eigenvalue weighted by molar-refractivity contribution is 5.79. The van der Waals surface area contributed by atoms with E-state index in [4.69, 9.17) is 5.73 Å². The van der Waals surface area contributed by atoms with Crippen LogP contribution in [0.15, 0.2) is 54.7 Å². The Labute approximate surface area is 123 Å². The van der Waals surface area contributed by atoms with E-state index >= 15 is 0 Å². The summed E-state index contributed by atoms with van der Waals surface area (Å²) in [4.78, 5) is 4.30. The number of hydrogen-bond acceptors (Lipinski definition) is 2. The number of pyridine rings is 1. The monoisotopic (exact) mass is 280 g/mol. The van der Waals surface area contributed by atoms with E-state index in [1.165, 1.54) is 6.07 Å². The lowest BCUT2D eigenvalue weighted by atomic mass is 9.84. The van der Waals surface area contributed by atoms with Gasteiger partial charge in [-0.2, -0.15) is 0 Å². The van der Waals surface area contributed by atoms with E-state index < -0.39 is 5.54 Å². The number of aryl methyl sites for hydroxylation is 1. The number of benzene rings is 2. The lowest BCUT2D eigenvalue weighted by Gasteiger charge is -2.26. The van der Waals surface area contributed by atoms with Gasteiger partial charge in [0, 0.05) is 11.6 Å². The molecular formula is C18H17FN2. The molecule has 3 aromatic rings. The summed E-state index contributed by atoms with van der Waals surface area (Å²) < 4.78 is 13.8. The van der Waals surface area contributed by atoms with Crippen molar-refractivity contribution in [3.05, 3.63) is 77.2 Å².